The Morgan fingerprint density at radius 2 is 1.28 bits per heavy atom. The first-order chi connectivity index (χ1) is 17.7. The van der Waals surface area contributed by atoms with Crippen LogP contribution in [0.4, 0.5) is 0 Å². The first-order valence-corrected chi connectivity index (χ1v) is 15.0. The maximum absolute atomic E-state index is 12.4. The van der Waals surface area contributed by atoms with Gasteiger partial charge in [-0.3, -0.25) is 0 Å². The fraction of sp³-hybridized carbons (Fsp3) is 0.519. The Morgan fingerprint density at radius 1 is 0.694 bits per heavy atom. The molecule has 3 rings (SSSR count). The number of hydrogen-bond donors (Lipinski definition) is 1. The van der Waals surface area contributed by atoms with Crippen molar-refractivity contribution < 1.29 is 28.8 Å². The smallest absolute Gasteiger partial charge is 0.348 e. The van der Waals surface area contributed by atoms with Crippen LogP contribution in [-0.2, 0) is 25.4 Å². The number of rotatable bonds is 19. The van der Waals surface area contributed by atoms with Crippen molar-refractivity contribution in [2.24, 2.45) is 0 Å². The van der Waals surface area contributed by atoms with Gasteiger partial charge in [-0.05, 0) is 49.2 Å². The molecule has 0 saturated carbocycles. The van der Waals surface area contributed by atoms with Crippen molar-refractivity contribution in [3.05, 3.63) is 46.2 Å². The number of thiophene rings is 3. The lowest BCUT2D eigenvalue weighted by molar-refractivity contribution is -0.00303. The van der Waals surface area contributed by atoms with Crippen molar-refractivity contribution in [2.45, 2.75) is 39.0 Å². The molecule has 1 N–H and O–H groups in total. The zero-order valence-corrected chi connectivity index (χ0v) is 23.3. The maximum Gasteiger partial charge on any atom is 0.348 e. The second-order valence-corrected chi connectivity index (χ2v) is 11.4. The molecule has 0 unspecified atom stereocenters. The minimum atomic E-state index is -0.324. The van der Waals surface area contributed by atoms with Crippen molar-refractivity contribution in [2.75, 3.05) is 52.9 Å². The largest absolute Gasteiger partial charge is 0.459 e. The van der Waals surface area contributed by atoms with Crippen molar-refractivity contribution in [1.82, 2.24) is 0 Å². The number of aliphatic hydroxyl groups is 1. The van der Waals surface area contributed by atoms with Gasteiger partial charge in [0.25, 0.3) is 0 Å². The average Bonchev–Trinajstić information content (AvgIpc) is 3.65. The van der Waals surface area contributed by atoms with Crippen molar-refractivity contribution >= 4 is 40.0 Å². The zero-order valence-electron chi connectivity index (χ0n) is 20.9. The summed E-state index contributed by atoms with van der Waals surface area (Å²) in [6.45, 7) is 4.87. The summed E-state index contributed by atoms with van der Waals surface area (Å²) >= 11 is 5.11. The van der Waals surface area contributed by atoms with Crippen LogP contribution in [0, 0.1) is 0 Å². The molecule has 0 aliphatic carbocycles. The molecule has 36 heavy (non-hydrogen) atoms. The molecule has 0 aliphatic rings. The molecule has 3 heterocycles. The standard InChI is InChI=1S/C27H36O6S3/c1-2-3-4-5-6-21-7-8-22(34-21)23-9-10-24(35-23)25-11-12-26(36-25)27(29)33-20-19-32-18-17-31-16-15-30-14-13-28/h7-12,28H,2-6,13-20H2,1H3. The lowest BCUT2D eigenvalue weighted by Gasteiger charge is -2.06. The van der Waals surface area contributed by atoms with Crippen LogP contribution >= 0.6 is 34.0 Å². The Labute approximate surface area is 225 Å². The van der Waals surface area contributed by atoms with E-state index < -0.39 is 0 Å². The number of unbranched alkanes of at least 4 members (excludes halogenated alkanes) is 3. The highest BCUT2D eigenvalue weighted by atomic mass is 32.1. The lowest BCUT2D eigenvalue weighted by Crippen LogP contribution is -2.14. The molecule has 0 amide bonds. The van der Waals surface area contributed by atoms with E-state index in [-0.39, 0.29) is 19.2 Å². The molecule has 0 bridgehead atoms. The summed E-state index contributed by atoms with van der Waals surface area (Å²) < 4.78 is 21.2. The summed E-state index contributed by atoms with van der Waals surface area (Å²) in [5, 5.41) is 8.61. The monoisotopic (exact) mass is 552 g/mol. The zero-order chi connectivity index (χ0) is 25.4. The Morgan fingerprint density at radius 3 is 1.97 bits per heavy atom. The predicted molar refractivity (Wildman–Crippen MR) is 149 cm³/mol. The first kappa shape index (κ1) is 29.0. The van der Waals surface area contributed by atoms with Gasteiger partial charge >= 0.3 is 5.97 Å². The van der Waals surface area contributed by atoms with Crippen LogP contribution in [0.1, 0.15) is 47.2 Å². The average molecular weight is 553 g/mol. The molecule has 3 aromatic rings. The molecule has 0 atom stereocenters. The van der Waals surface area contributed by atoms with Crippen LogP contribution in [0.15, 0.2) is 36.4 Å². The van der Waals surface area contributed by atoms with Gasteiger partial charge in [-0.2, -0.15) is 0 Å². The van der Waals surface area contributed by atoms with Crippen LogP contribution in [0.5, 0.6) is 0 Å². The number of carbonyl (C=O) groups excluding carboxylic acids is 1. The lowest BCUT2D eigenvalue weighted by atomic mass is 10.1. The Hall–Kier alpha value is -1.59. The third-order valence-electron chi connectivity index (χ3n) is 5.28. The van der Waals surface area contributed by atoms with Crippen molar-refractivity contribution in [3.8, 4) is 19.5 Å². The van der Waals surface area contributed by atoms with Gasteiger partial charge in [-0.25, -0.2) is 4.79 Å². The van der Waals surface area contributed by atoms with Gasteiger partial charge in [-0.1, -0.05) is 26.2 Å². The molecule has 0 fully saturated rings. The molecular formula is C27H36O6S3. The van der Waals surface area contributed by atoms with E-state index in [4.69, 9.17) is 24.1 Å². The van der Waals surface area contributed by atoms with E-state index in [2.05, 4.69) is 31.2 Å². The van der Waals surface area contributed by atoms with Gasteiger partial charge in [0.05, 0.1) is 46.2 Å². The normalized spacial score (nSPS) is 11.3. The number of esters is 1. The summed E-state index contributed by atoms with van der Waals surface area (Å²) in [5.74, 6) is -0.324. The summed E-state index contributed by atoms with van der Waals surface area (Å²) in [7, 11) is 0. The van der Waals surface area contributed by atoms with E-state index in [9.17, 15) is 4.79 Å². The number of aryl methyl sites for hydroxylation is 1. The minimum absolute atomic E-state index is 0.0131. The van der Waals surface area contributed by atoms with Gasteiger partial charge in [0, 0.05) is 24.4 Å². The summed E-state index contributed by atoms with van der Waals surface area (Å²) in [6, 6.07) is 12.6. The number of hydrogen-bond acceptors (Lipinski definition) is 9. The van der Waals surface area contributed by atoms with E-state index in [1.54, 1.807) is 11.3 Å². The van der Waals surface area contributed by atoms with E-state index in [0.717, 1.165) is 9.75 Å². The maximum atomic E-state index is 12.4. The van der Waals surface area contributed by atoms with Gasteiger partial charge in [0.15, 0.2) is 0 Å². The molecule has 0 aromatic carbocycles. The molecule has 0 aliphatic heterocycles. The molecule has 0 saturated heterocycles. The number of aliphatic hydroxyl groups excluding tert-OH is 1. The van der Waals surface area contributed by atoms with Gasteiger partial charge in [0.2, 0.25) is 0 Å². The van der Waals surface area contributed by atoms with Gasteiger partial charge < -0.3 is 24.1 Å². The molecule has 0 spiro atoms. The Bertz CT molecular complexity index is 1010. The molecule has 3 aromatic heterocycles. The van der Waals surface area contributed by atoms with Gasteiger partial charge in [0.1, 0.15) is 11.5 Å². The molecule has 9 heteroatoms. The summed E-state index contributed by atoms with van der Waals surface area (Å²) in [4.78, 5) is 19.3. The summed E-state index contributed by atoms with van der Waals surface area (Å²) in [6.07, 6.45) is 6.32. The molecule has 0 radical (unpaired) electrons. The molecule has 198 valence electrons. The fourth-order valence-corrected chi connectivity index (χ4v) is 6.56. The van der Waals surface area contributed by atoms with Crippen LogP contribution in [0.25, 0.3) is 19.5 Å². The molecular weight excluding hydrogens is 516 g/mol. The van der Waals surface area contributed by atoms with E-state index in [1.165, 1.54) is 58.1 Å². The number of carbonyl (C=O) groups is 1. The van der Waals surface area contributed by atoms with Crippen LogP contribution in [0.3, 0.4) is 0 Å². The third kappa shape index (κ3) is 10.0. The third-order valence-corrected chi connectivity index (χ3v) is 8.96. The predicted octanol–water partition coefficient (Wildman–Crippen LogP) is 6.53. The Kier molecular flexibility index (Phi) is 13.7. The quantitative estimate of drug-likeness (QED) is 0.135. The van der Waals surface area contributed by atoms with E-state index >= 15 is 0 Å². The van der Waals surface area contributed by atoms with E-state index in [1.807, 2.05) is 23.5 Å². The van der Waals surface area contributed by atoms with Crippen LogP contribution < -0.4 is 0 Å². The van der Waals surface area contributed by atoms with Crippen molar-refractivity contribution in [3.63, 3.8) is 0 Å². The highest BCUT2D eigenvalue weighted by Crippen LogP contribution is 2.40. The topological polar surface area (TPSA) is 74.2 Å². The highest BCUT2D eigenvalue weighted by Gasteiger charge is 2.14. The van der Waals surface area contributed by atoms with Crippen LogP contribution in [-0.4, -0.2) is 63.9 Å². The minimum Gasteiger partial charge on any atom is -0.459 e. The Balaban J connectivity index is 1.36. The van der Waals surface area contributed by atoms with Crippen LogP contribution in [0.2, 0.25) is 0 Å². The van der Waals surface area contributed by atoms with E-state index in [0.29, 0.717) is 44.5 Å². The number of ether oxygens (including phenoxy) is 4. The summed E-state index contributed by atoms with van der Waals surface area (Å²) in [5.41, 5.74) is 0. The fourth-order valence-electron chi connectivity index (χ4n) is 3.42. The van der Waals surface area contributed by atoms with Gasteiger partial charge in [-0.15, -0.1) is 34.0 Å². The molecule has 6 nitrogen and oxygen atoms in total. The van der Waals surface area contributed by atoms with Crippen molar-refractivity contribution in [1.29, 1.82) is 0 Å². The second-order valence-electron chi connectivity index (χ2n) is 8.10. The first-order valence-electron chi connectivity index (χ1n) is 12.5. The highest BCUT2D eigenvalue weighted by molar-refractivity contribution is 7.26. The SMILES string of the molecule is CCCCCCc1ccc(-c2ccc(-c3ccc(C(=O)OCCOCCOCCOCCO)s3)s2)s1. The second kappa shape index (κ2) is 17.0.